The largest absolute Gasteiger partial charge is 0.362 e. The summed E-state index contributed by atoms with van der Waals surface area (Å²) in [6, 6.07) is 0.595. The number of amidine groups is 1. The van der Waals surface area contributed by atoms with Crippen molar-refractivity contribution in [2.24, 2.45) is 21.7 Å². The van der Waals surface area contributed by atoms with Gasteiger partial charge in [0.2, 0.25) is 0 Å². The first-order valence-corrected chi connectivity index (χ1v) is 9.01. The van der Waals surface area contributed by atoms with Crippen LogP contribution < -0.4 is 5.32 Å². The zero-order chi connectivity index (χ0) is 15.0. The van der Waals surface area contributed by atoms with Crippen molar-refractivity contribution in [3.63, 3.8) is 0 Å². The Bertz CT molecular complexity index is 355. The molecule has 0 radical (unpaired) electrons. The minimum atomic E-state index is 0.445. The smallest absolute Gasteiger partial charge is 0.157 e. The van der Waals surface area contributed by atoms with Gasteiger partial charge in [0.25, 0.3) is 0 Å². The van der Waals surface area contributed by atoms with Gasteiger partial charge in [-0.25, -0.2) is 0 Å². The summed E-state index contributed by atoms with van der Waals surface area (Å²) < 4.78 is 0. The number of hydrogen-bond donors (Lipinski definition) is 1. The number of hydrogen-bond acceptors (Lipinski definition) is 3. The fraction of sp³-hybridized carbons (Fsp3) is 0.941. The minimum Gasteiger partial charge on any atom is -0.362 e. The van der Waals surface area contributed by atoms with Gasteiger partial charge in [-0.2, -0.15) is 0 Å². The van der Waals surface area contributed by atoms with Crippen molar-refractivity contribution >= 4 is 16.9 Å². The molecule has 0 aromatic rings. The number of aliphatic imine (C=N–C) groups is 1. The van der Waals surface area contributed by atoms with Crippen LogP contribution in [0.25, 0.3) is 0 Å². The monoisotopic (exact) mass is 296 g/mol. The molecule has 0 aromatic carbocycles. The lowest BCUT2D eigenvalue weighted by atomic mass is 9.63. The van der Waals surface area contributed by atoms with Crippen LogP contribution in [0.2, 0.25) is 0 Å². The first-order valence-electron chi connectivity index (χ1n) is 8.13. The average Bonchev–Trinajstić information content (AvgIpc) is 2.58. The third kappa shape index (κ3) is 4.68. The molecule has 1 fully saturated rings. The fourth-order valence-corrected chi connectivity index (χ4v) is 5.60. The molecule has 0 amide bonds. The van der Waals surface area contributed by atoms with E-state index in [1.165, 1.54) is 30.9 Å². The number of thioether (sulfide) groups is 1. The van der Waals surface area contributed by atoms with Crippen molar-refractivity contribution in [2.45, 2.75) is 78.5 Å². The van der Waals surface area contributed by atoms with Gasteiger partial charge in [0.15, 0.2) is 5.17 Å². The van der Waals surface area contributed by atoms with Gasteiger partial charge >= 0.3 is 0 Å². The van der Waals surface area contributed by atoms with E-state index in [1.807, 2.05) is 11.8 Å². The van der Waals surface area contributed by atoms with Crippen molar-refractivity contribution in [1.29, 1.82) is 0 Å². The summed E-state index contributed by atoms with van der Waals surface area (Å²) in [6.45, 7) is 15.3. The molecular formula is C17H32N2S. The van der Waals surface area contributed by atoms with Gasteiger partial charge in [0.05, 0.1) is 6.54 Å². The van der Waals surface area contributed by atoms with Crippen LogP contribution in [0.5, 0.6) is 0 Å². The molecule has 2 rings (SSSR count). The average molecular weight is 297 g/mol. The van der Waals surface area contributed by atoms with Gasteiger partial charge in [0, 0.05) is 11.3 Å². The van der Waals surface area contributed by atoms with Gasteiger partial charge in [-0.05, 0) is 42.4 Å². The predicted octanol–water partition coefficient (Wildman–Crippen LogP) is 4.70. The molecule has 1 heterocycles. The van der Waals surface area contributed by atoms with Gasteiger partial charge in [0.1, 0.15) is 0 Å². The summed E-state index contributed by atoms with van der Waals surface area (Å²) in [4.78, 5) is 4.73. The lowest BCUT2D eigenvalue weighted by Gasteiger charge is -2.45. The summed E-state index contributed by atoms with van der Waals surface area (Å²) in [5.41, 5.74) is 0.890. The predicted molar refractivity (Wildman–Crippen MR) is 91.5 cm³/mol. The van der Waals surface area contributed by atoms with Gasteiger partial charge in [-0.15, -0.1) is 0 Å². The highest BCUT2D eigenvalue weighted by Crippen LogP contribution is 2.45. The topological polar surface area (TPSA) is 24.4 Å². The maximum absolute atomic E-state index is 4.73. The highest BCUT2D eigenvalue weighted by Gasteiger charge is 2.39. The molecule has 0 saturated heterocycles. The summed E-state index contributed by atoms with van der Waals surface area (Å²) in [5, 5.41) is 5.64. The van der Waals surface area contributed by atoms with Crippen molar-refractivity contribution in [3.8, 4) is 0 Å². The van der Waals surface area contributed by atoms with E-state index in [1.54, 1.807) is 0 Å². The molecule has 2 nitrogen and oxygen atoms in total. The van der Waals surface area contributed by atoms with E-state index >= 15 is 0 Å². The van der Waals surface area contributed by atoms with Crippen LogP contribution in [0, 0.1) is 16.7 Å². The maximum Gasteiger partial charge on any atom is 0.157 e. The third-order valence-corrected chi connectivity index (χ3v) is 5.48. The molecule has 0 aromatic heterocycles. The van der Waals surface area contributed by atoms with Gasteiger partial charge in [-0.1, -0.05) is 53.3 Å². The zero-order valence-corrected chi connectivity index (χ0v) is 14.9. The maximum atomic E-state index is 4.73. The Balaban J connectivity index is 1.88. The molecule has 0 bridgehead atoms. The van der Waals surface area contributed by atoms with Crippen LogP contribution in [0.15, 0.2) is 4.99 Å². The van der Waals surface area contributed by atoms with E-state index in [0.717, 1.165) is 12.5 Å². The Morgan fingerprint density at radius 1 is 1.20 bits per heavy atom. The van der Waals surface area contributed by atoms with Crippen molar-refractivity contribution in [2.75, 3.05) is 6.54 Å². The molecule has 1 unspecified atom stereocenters. The van der Waals surface area contributed by atoms with E-state index in [9.17, 15) is 0 Å². The molecule has 1 atom stereocenters. The highest BCUT2D eigenvalue weighted by molar-refractivity contribution is 8.14. The Morgan fingerprint density at radius 3 is 2.35 bits per heavy atom. The van der Waals surface area contributed by atoms with Crippen LogP contribution in [0.4, 0.5) is 0 Å². The lowest BCUT2D eigenvalue weighted by Crippen LogP contribution is -2.45. The lowest BCUT2D eigenvalue weighted by molar-refractivity contribution is 0.0925. The van der Waals surface area contributed by atoms with E-state index in [0.29, 0.717) is 22.1 Å². The van der Waals surface area contributed by atoms with Gasteiger partial charge < -0.3 is 5.32 Å². The van der Waals surface area contributed by atoms with Crippen LogP contribution in [0.3, 0.4) is 0 Å². The molecule has 1 N–H and O–H groups in total. The number of nitrogens with one attached hydrogen (secondary N) is 1. The van der Waals surface area contributed by atoms with Crippen LogP contribution in [-0.2, 0) is 0 Å². The van der Waals surface area contributed by atoms with Crippen LogP contribution >= 0.6 is 11.8 Å². The van der Waals surface area contributed by atoms with Crippen LogP contribution in [-0.4, -0.2) is 23.0 Å². The molecule has 3 heteroatoms. The fourth-order valence-electron chi connectivity index (χ4n) is 4.27. The summed E-state index contributed by atoms with van der Waals surface area (Å²) in [6.07, 6.45) is 5.14. The SMILES string of the molecule is CC(C)CC1CN=C(NC2CC(C)(C)CC(C)(C)C2)S1. The molecule has 1 saturated carbocycles. The molecule has 116 valence electrons. The van der Waals surface area contributed by atoms with E-state index in [4.69, 9.17) is 4.99 Å². The second-order valence-corrected chi connectivity index (χ2v) is 10.1. The molecule has 2 aliphatic rings. The molecule has 1 aliphatic heterocycles. The van der Waals surface area contributed by atoms with E-state index in [-0.39, 0.29) is 0 Å². The number of rotatable bonds is 3. The summed E-state index contributed by atoms with van der Waals surface area (Å²) in [7, 11) is 0. The second kappa shape index (κ2) is 5.90. The molecule has 20 heavy (non-hydrogen) atoms. The first kappa shape index (κ1) is 16.2. The Morgan fingerprint density at radius 2 is 1.80 bits per heavy atom. The summed E-state index contributed by atoms with van der Waals surface area (Å²) in [5.74, 6) is 0.773. The van der Waals surface area contributed by atoms with Crippen molar-refractivity contribution in [1.82, 2.24) is 5.32 Å². The van der Waals surface area contributed by atoms with Crippen molar-refractivity contribution in [3.05, 3.63) is 0 Å². The molecule has 1 aliphatic carbocycles. The first-order chi connectivity index (χ1) is 9.15. The normalized spacial score (nSPS) is 29.6. The second-order valence-electron chi connectivity index (χ2n) is 8.77. The van der Waals surface area contributed by atoms with E-state index in [2.05, 4.69) is 46.9 Å². The highest BCUT2D eigenvalue weighted by atomic mass is 32.2. The zero-order valence-electron chi connectivity index (χ0n) is 14.1. The standard InChI is InChI=1S/C17H32N2S/c1-12(2)7-14-10-18-15(20-14)19-13-8-16(3,4)11-17(5,6)9-13/h12-14H,7-11H2,1-6H3,(H,18,19). The van der Waals surface area contributed by atoms with Crippen LogP contribution in [0.1, 0.15) is 67.2 Å². The number of nitrogens with zero attached hydrogens (tertiary/aromatic N) is 1. The summed E-state index contributed by atoms with van der Waals surface area (Å²) >= 11 is 1.97. The van der Waals surface area contributed by atoms with Crippen molar-refractivity contribution < 1.29 is 0 Å². The molecular weight excluding hydrogens is 264 g/mol. The molecule has 0 spiro atoms. The van der Waals surface area contributed by atoms with Gasteiger partial charge in [-0.3, -0.25) is 4.99 Å². The minimum absolute atomic E-state index is 0.445. The Labute approximate surface area is 129 Å². The van der Waals surface area contributed by atoms with E-state index < -0.39 is 0 Å². The Hall–Kier alpha value is -0.180. The quantitative estimate of drug-likeness (QED) is 0.816. The third-order valence-electron chi connectivity index (χ3n) is 4.33. The Kier molecular flexibility index (Phi) is 4.78.